The van der Waals surface area contributed by atoms with Crippen molar-refractivity contribution in [1.82, 2.24) is 10.1 Å². The molecule has 0 aliphatic carbocycles. The summed E-state index contributed by atoms with van der Waals surface area (Å²) in [6.07, 6.45) is 1.90. The number of anilines is 1. The molecule has 0 bridgehead atoms. The van der Waals surface area contributed by atoms with E-state index in [-0.39, 0.29) is 0 Å². The van der Waals surface area contributed by atoms with Crippen molar-refractivity contribution in [1.29, 1.82) is 0 Å². The van der Waals surface area contributed by atoms with E-state index in [9.17, 15) is 9.90 Å². The molecule has 1 saturated heterocycles. The minimum atomic E-state index is -0.854. The third-order valence-electron chi connectivity index (χ3n) is 5.13. The molecule has 2 aromatic carbocycles. The Kier molecular flexibility index (Phi) is 4.62. The number of hydrogen-bond acceptors (Lipinski definition) is 5. The highest BCUT2D eigenvalue weighted by Gasteiger charge is 2.43. The molecule has 2 heterocycles. The summed E-state index contributed by atoms with van der Waals surface area (Å²) in [7, 11) is 0. The van der Waals surface area contributed by atoms with E-state index in [2.05, 4.69) is 10.1 Å². The Hall–Kier alpha value is -3.15. The van der Waals surface area contributed by atoms with Crippen LogP contribution >= 0.6 is 0 Å². The minimum Gasteiger partial charge on any atom is -0.481 e. The van der Waals surface area contributed by atoms with E-state index in [0.29, 0.717) is 31.2 Å². The van der Waals surface area contributed by atoms with Crippen molar-refractivity contribution in [2.24, 2.45) is 5.41 Å². The van der Waals surface area contributed by atoms with Crippen LogP contribution in [0.5, 0.6) is 0 Å². The molecule has 27 heavy (non-hydrogen) atoms. The third-order valence-corrected chi connectivity index (χ3v) is 5.13. The van der Waals surface area contributed by atoms with E-state index < -0.39 is 11.4 Å². The molecule has 1 aliphatic heterocycles. The van der Waals surface area contributed by atoms with Crippen LogP contribution in [0.1, 0.15) is 18.4 Å². The Labute approximate surface area is 157 Å². The Balaban J connectivity index is 1.58. The summed E-state index contributed by atoms with van der Waals surface area (Å²) in [5.41, 5.74) is 1.02. The Morgan fingerprint density at radius 1 is 1.11 bits per heavy atom. The molecule has 3 aromatic rings. The van der Waals surface area contributed by atoms with E-state index in [0.717, 1.165) is 24.1 Å². The van der Waals surface area contributed by atoms with E-state index in [4.69, 9.17) is 4.52 Å². The smallest absolute Gasteiger partial charge is 0.311 e. The van der Waals surface area contributed by atoms with Crippen LogP contribution in [0.25, 0.3) is 11.5 Å². The molecule has 0 saturated carbocycles. The summed E-state index contributed by atoms with van der Waals surface area (Å²) in [4.78, 5) is 18.6. The summed E-state index contributed by atoms with van der Waals surface area (Å²) in [6.45, 7) is 1.09. The molecule has 1 fully saturated rings. The molecule has 0 spiro atoms. The largest absolute Gasteiger partial charge is 0.481 e. The first kappa shape index (κ1) is 17.3. The lowest BCUT2D eigenvalue weighted by atomic mass is 9.75. The fraction of sp³-hybridized carbons (Fsp3) is 0.286. The molecular weight excluding hydrogens is 342 g/mol. The normalized spacial score (nSPS) is 19.8. The maximum absolute atomic E-state index is 12.2. The van der Waals surface area contributed by atoms with Crippen molar-refractivity contribution in [3.63, 3.8) is 0 Å². The number of nitrogens with zero attached hydrogens (tertiary/aromatic N) is 3. The zero-order valence-corrected chi connectivity index (χ0v) is 14.9. The fourth-order valence-electron chi connectivity index (χ4n) is 3.73. The van der Waals surface area contributed by atoms with Gasteiger partial charge in [-0.3, -0.25) is 4.79 Å². The summed E-state index contributed by atoms with van der Waals surface area (Å²) < 4.78 is 5.40. The number of carbonyl (C=O) groups is 1. The maximum atomic E-state index is 12.2. The summed E-state index contributed by atoms with van der Waals surface area (Å²) in [5, 5.41) is 14.1. The van der Waals surface area contributed by atoms with E-state index in [1.165, 1.54) is 0 Å². The second kappa shape index (κ2) is 7.23. The number of carboxylic acids is 1. The van der Waals surface area contributed by atoms with Gasteiger partial charge in [0.1, 0.15) is 0 Å². The highest BCUT2D eigenvalue weighted by molar-refractivity contribution is 5.76. The lowest BCUT2D eigenvalue weighted by Crippen LogP contribution is -2.49. The Morgan fingerprint density at radius 3 is 2.52 bits per heavy atom. The fourth-order valence-corrected chi connectivity index (χ4v) is 3.73. The average Bonchev–Trinajstić information content (AvgIpc) is 3.20. The van der Waals surface area contributed by atoms with Crippen LogP contribution in [-0.4, -0.2) is 34.3 Å². The maximum Gasteiger partial charge on any atom is 0.311 e. The van der Waals surface area contributed by atoms with Gasteiger partial charge >= 0.3 is 5.97 Å². The van der Waals surface area contributed by atoms with Crippen molar-refractivity contribution < 1.29 is 14.4 Å². The number of rotatable bonds is 5. The van der Waals surface area contributed by atoms with Gasteiger partial charge in [0.15, 0.2) is 0 Å². The van der Waals surface area contributed by atoms with Crippen LogP contribution in [-0.2, 0) is 11.2 Å². The van der Waals surface area contributed by atoms with Gasteiger partial charge in [-0.2, -0.15) is 4.98 Å². The van der Waals surface area contributed by atoms with Crippen LogP contribution in [0.15, 0.2) is 65.2 Å². The standard InChI is InChI=1S/C21H21N3O3/c25-19(26)21(14-16-8-3-1-4-9-16)12-7-13-24(15-21)20-22-18(27-23-20)17-10-5-2-6-11-17/h1-6,8-11H,7,12-15H2,(H,25,26)/t21-/m1/s1. The van der Waals surface area contributed by atoms with Crippen LogP contribution in [0, 0.1) is 5.41 Å². The predicted molar refractivity (Wildman–Crippen MR) is 101 cm³/mol. The Morgan fingerprint density at radius 2 is 1.81 bits per heavy atom. The number of piperidine rings is 1. The number of aromatic nitrogens is 2. The molecule has 1 aromatic heterocycles. The van der Waals surface area contributed by atoms with Gasteiger partial charge < -0.3 is 14.5 Å². The van der Waals surface area contributed by atoms with Gasteiger partial charge in [0, 0.05) is 18.7 Å². The lowest BCUT2D eigenvalue weighted by Gasteiger charge is -2.39. The first-order chi connectivity index (χ1) is 13.2. The van der Waals surface area contributed by atoms with Gasteiger partial charge in [0.2, 0.25) is 0 Å². The highest BCUT2D eigenvalue weighted by Crippen LogP contribution is 2.36. The SMILES string of the molecule is O=C(O)[C@@]1(Cc2ccccc2)CCCN(c2noc(-c3ccccc3)n2)C1. The van der Waals surface area contributed by atoms with Gasteiger partial charge in [-0.1, -0.05) is 48.5 Å². The number of aliphatic carboxylic acids is 1. The van der Waals surface area contributed by atoms with Crippen molar-refractivity contribution in [3.8, 4) is 11.5 Å². The topological polar surface area (TPSA) is 79.5 Å². The second-order valence-electron chi connectivity index (χ2n) is 7.04. The van der Waals surface area contributed by atoms with Gasteiger partial charge in [-0.05, 0) is 42.1 Å². The molecule has 1 N–H and O–H groups in total. The van der Waals surface area contributed by atoms with Crippen LogP contribution in [0.3, 0.4) is 0 Å². The number of hydrogen-bond donors (Lipinski definition) is 1. The van der Waals surface area contributed by atoms with Crippen molar-refractivity contribution in [3.05, 3.63) is 66.2 Å². The quantitative estimate of drug-likeness (QED) is 0.745. The molecule has 6 nitrogen and oxygen atoms in total. The molecule has 0 unspecified atom stereocenters. The number of benzene rings is 2. The van der Waals surface area contributed by atoms with Crippen LogP contribution < -0.4 is 4.90 Å². The highest BCUT2D eigenvalue weighted by atomic mass is 16.5. The van der Waals surface area contributed by atoms with E-state index in [1.807, 2.05) is 65.6 Å². The minimum absolute atomic E-state index is 0.366. The monoisotopic (exact) mass is 363 g/mol. The van der Waals surface area contributed by atoms with Crippen molar-refractivity contribution in [2.75, 3.05) is 18.0 Å². The van der Waals surface area contributed by atoms with Gasteiger partial charge in [0.25, 0.3) is 11.8 Å². The van der Waals surface area contributed by atoms with E-state index in [1.54, 1.807) is 0 Å². The van der Waals surface area contributed by atoms with Gasteiger partial charge in [-0.15, -0.1) is 0 Å². The molecule has 0 amide bonds. The summed E-state index contributed by atoms with van der Waals surface area (Å²) >= 11 is 0. The molecule has 0 radical (unpaired) electrons. The van der Waals surface area contributed by atoms with Gasteiger partial charge in [0.05, 0.1) is 5.41 Å². The number of carboxylic acid groups (broad SMARTS) is 1. The first-order valence-electron chi connectivity index (χ1n) is 9.08. The van der Waals surface area contributed by atoms with Crippen LogP contribution in [0.2, 0.25) is 0 Å². The molecule has 6 heteroatoms. The first-order valence-corrected chi connectivity index (χ1v) is 9.08. The zero-order chi connectivity index (χ0) is 18.7. The van der Waals surface area contributed by atoms with Gasteiger partial charge in [-0.25, -0.2) is 0 Å². The van der Waals surface area contributed by atoms with Crippen molar-refractivity contribution >= 4 is 11.9 Å². The third kappa shape index (κ3) is 3.56. The molecule has 138 valence electrons. The molecule has 1 aliphatic rings. The van der Waals surface area contributed by atoms with Crippen LogP contribution in [0.4, 0.5) is 5.95 Å². The van der Waals surface area contributed by atoms with E-state index >= 15 is 0 Å². The molecule has 4 rings (SSSR count). The molecule has 1 atom stereocenters. The Bertz CT molecular complexity index is 911. The predicted octanol–water partition coefficient (Wildman–Crippen LogP) is 3.65. The lowest BCUT2D eigenvalue weighted by molar-refractivity contribution is -0.149. The summed E-state index contributed by atoms with van der Waals surface area (Å²) in [6, 6.07) is 19.3. The average molecular weight is 363 g/mol. The zero-order valence-electron chi connectivity index (χ0n) is 14.9. The second-order valence-corrected chi connectivity index (χ2v) is 7.04. The van der Waals surface area contributed by atoms with Crippen molar-refractivity contribution in [2.45, 2.75) is 19.3 Å². The summed E-state index contributed by atoms with van der Waals surface area (Å²) in [5.74, 6) is 0.121. The molecular formula is C21H21N3O3.